The molecule has 0 aromatic heterocycles. The molecule has 3 rings (SSSR count). The molecule has 1 saturated carbocycles. The van der Waals surface area contributed by atoms with Crippen molar-refractivity contribution in [3.63, 3.8) is 0 Å². The number of halogens is 5. The molecule has 0 unspecified atom stereocenters. The van der Waals surface area contributed by atoms with Crippen LogP contribution in [-0.4, -0.2) is 6.61 Å². The van der Waals surface area contributed by atoms with Crippen molar-refractivity contribution in [1.29, 1.82) is 0 Å². The summed E-state index contributed by atoms with van der Waals surface area (Å²) in [4.78, 5) is 0. The number of ether oxygens (including phenoxy) is 1. The van der Waals surface area contributed by atoms with E-state index in [9.17, 15) is 22.0 Å². The molecule has 1 aliphatic carbocycles. The summed E-state index contributed by atoms with van der Waals surface area (Å²) >= 11 is 0. The molecule has 160 valence electrons. The van der Waals surface area contributed by atoms with Crippen LogP contribution in [0, 0.1) is 35.2 Å². The average molecular weight is 422 g/mol. The Hall–Kier alpha value is -2.55. The molecule has 1 aliphatic rings. The van der Waals surface area contributed by atoms with Crippen LogP contribution in [0.3, 0.4) is 0 Å². The van der Waals surface area contributed by atoms with Gasteiger partial charge in [0.15, 0.2) is 11.6 Å². The fourth-order valence-electron chi connectivity index (χ4n) is 4.05. The van der Waals surface area contributed by atoms with Crippen LogP contribution in [0.15, 0.2) is 30.3 Å². The van der Waals surface area contributed by atoms with Crippen molar-refractivity contribution in [3.8, 4) is 17.6 Å². The Morgan fingerprint density at radius 1 is 0.933 bits per heavy atom. The van der Waals surface area contributed by atoms with Gasteiger partial charge in [0.05, 0.1) is 5.56 Å². The molecule has 30 heavy (non-hydrogen) atoms. The molecule has 0 amide bonds. The third-order valence-corrected chi connectivity index (χ3v) is 5.56. The smallest absolute Gasteiger partial charge is 0.387 e. The molecule has 0 radical (unpaired) electrons. The topological polar surface area (TPSA) is 9.23 Å². The van der Waals surface area contributed by atoms with Gasteiger partial charge in [-0.05, 0) is 73.4 Å². The molecular formula is C24H23F5O. The van der Waals surface area contributed by atoms with Crippen LogP contribution in [0.2, 0.25) is 0 Å². The van der Waals surface area contributed by atoms with Crippen molar-refractivity contribution in [2.24, 2.45) is 5.92 Å². The fourth-order valence-corrected chi connectivity index (χ4v) is 4.05. The minimum absolute atomic E-state index is 0.0891. The van der Waals surface area contributed by atoms with Gasteiger partial charge in [-0.15, -0.1) is 0 Å². The average Bonchev–Trinajstić information content (AvgIpc) is 2.70. The number of hydrogen-bond acceptors (Lipinski definition) is 1. The van der Waals surface area contributed by atoms with Crippen molar-refractivity contribution in [3.05, 3.63) is 64.5 Å². The monoisotopic (exact) mass is 422 g/mol. The van der Waals surface area contributed by atoms with Gasteiger partial charge in [0, 0.05) is 5.56 Å². The molecule has 2 aromatic rings. The van der Waals surface area contributed by atoms with E-state index in [-0.39, 0.29) is 11.5 Å². The van der Waals surface area contributed by atoms with Crippen LogP contribution in [-0.2, 0) is 0 Å². The van der Waals surface area contributed by atoms with Crippen LogP contribution in [0.4, 0.5) is 22.0 Å². The Labute approximate surface area is 173 Å². The van der Waals surface area contributed by atoms with E-state index >= 15 is 0 Å². The first-order valence-corrected chi connectivity index (χ1v) is 10.1. The van der Waals surface area contributed by atoms with Crippen molar-refractivity contribution in [2.45, 2.75) is 58.0 Å². The minimum atomic E-state index is -3.15. The third-order valence-electron chi connectivity index (χ3n) is 5.56. The van der Waals surface area contributed by atoms with Crippen molar-refractivity contribution < 1.29 is 26.7 Å². The first-order chi connectivity index (χ1) is 14.4. The molecule has 0 atom stereocenters. The quantitative estimate of drug-likeness (QED) is 0.366. The van der Waals surface area contributed by atoms with E-state index in [2.05, 4.69) is 23.5 Å². The number of hydrogen-bond donors (Lipinski definition) is 0. The second-order valence-corrected chi connectivity index (χ2v) is 7.64. The zero-order chi connectivity index (χ0) is 21.7. The standard InChI is InChI=1S/C24H23F5O/c1-2-3-15-4-8-17(9-5-15)18-13-20(25)19(21(26)14-18)10-6-16-7-11-23(22(27)12-16)30-24(28)29/h7,11-15,17,24H,2-5,8-9H2,1H3/t15-,17-. The van der Waals surface area contributed by atoms with Gasteiger partial charge in [0.1, 0.15) is 11.6 Å². The lowest BCUT2D eigenvalue weighted by Crippen LogP contribution is -2.13. The Bertz CT molecular complexity index is 913. The molecule has 1 nitrogen and oxygen atoms in total. The van der Waals surface area contributed by atoms with E-state index in [0.29, 0.717) is 11.5 Å². The maximum atomic E-state index is 14.5. The molecule has 0 bridgehead atoms. The summed E-state index contributed by atoms with van der Waals surface area (Å²) in [6.45, 7) is -0.990. The summed E-state index contributed by atoms with van der Waals surface area (Å²) in [7, 11) is 0. The molecule has 6 heteroatoms. The Balaban J connectivity index is 1.75. The SMILES string of the molecule is CCC[C@H]1CC[C@H](c2cc(F)c(C#Cc3ccc(OC(F)F)c(F)c3)c(F)c2)CC1. The van der Waals surface area contributed by atoms with Gasteiger partial charge in [0.2, 0.25) is 0 Å². The Morgan fingerprint density at radius 2 is 1.60 bits per heavy atom. The number of rotatable bonds is 5. The molecule has 0 aliphatic heterocycles. The highest BCUT2D eigenvalue weighted by atomic mass is 19.3. The molecule has 0 N–H and O–H groups in total. The summed E-state index contributed by atoms with van der Waals surface area (Å²) in [5, 5.41) is 0. The van der Waals surface area contributed by atoms with Crippen molar-refractivity contribution in [2.75, 3.05) is 0 Å². The second-order valence-electron chi connectivity index (χ2n) is 7.64. The highest BCUT2D eigenvalue weighted by molar-refractivity contribution is 5.47. The van der Waals surface area contributed by atoms with Gasteiger partial charge in [-0.25, -0.2) is 13.2 Å². The first-order valence-electron chi connectivity index (χ1n) is 10.1. The lowest BCUT2D eigenvalue weighted by atomic mass is 9.77. The lowest BCUT2D eigenvalue weighted by Gasteiger charge is -2.28. The van der Waals surface area contributed by atoms with Crippen LogP contribution in [0.1, 0.15) is 68.1 Å². The highest BCUT2D eigenvalue weighted by Gasteiger charge is 2.23. The van der Waals surface area contributed by atoms with Gasteiger partial charge in [-0.3, -0.25) is 0 Å². The van der Waals surface area contributed by atoms with Gasteiger partial charge < -0.3 is 4.74 Å². The van der Waals surface area contributed by atoms with Gasteiger partial charge >= 0.3 is 6.61 Å². The van der Waals surface area contributed by atoms with Gasteiger partial charge in [-0.1, -0.05) is 31.6 Å². The largest absolute Gasteiger partial charge is 0.432 e. The first kappa shape index (κ1) is 22.1. The summed E-state index contributed by atoms with van der Waals surface area (Å²) < 4.78 is 71.2. The van der Waals surface area contributed by atoms with Crippen molar-refractivity contribution >= 4 is 0 Å². The van der Waals surface area contributed by atoms with Crippen LogP contribution >= 0.6 is 0 Å². The minimum Gasteiger partial charge on any atom is -0.432 e. The molecule has 0 saturated heterocycles. The molecule has 0 spiro atoms. The van der Waals surface area contributed by atoms with Crippen molar-refractivity contribution in [1.82, 2.24) is 0 Å². The van der Waals surface area contributed by atoms with E-state index in [1.54, 1.807) is 0 Å². The van der Waals surface area contributed by atoms with Crippen LogP contribution in [0.5, 0.6) is 5.75 Å². The highest BCUT2D eigenvalue weighted by Crippen LogP contribution is 2.38. The molecule has 1 fully saturated rings. The molecule has 0 heterocycles. The second kappa shape index (κ2) is 9.97. The normalized spacial score (nSPS) is 18.8. The summed E-state index contributed by atoms with van der Waals surface area (Å²) in [6, 6.07) is 5.78. The van der Waals surface area contributed by atoms with E-state index in [4.69, 9.17) is 0 Å². The summed E-state index contributed by atoms with van der Waals surface area (Å²) in [6.07, 6.45) is 6.32. The molecular weight excluding hydrogens is 399 g/mol. The van der Waals surface area contributed by atoms with E-state index in [0.717, 1.165) is 44.2 Å². The fraction of sp³-hybridized carbons (Fsp3) is 0.417. The Kier molecular flexibility index (Phi) is 7.36. The van der Waals surface area contributed by atoms with E-state index < -0.39 is 35.4 Å². The maximum absolute atomic E-state index is 14.5. The maximum Gasteiger partial charge on any atom is 0.387 e. The van der Waals surface area contributed by atoms with E-state index in [1.165, 1.54) is 24.6 Å². The Morgan fingerprint density at radius 3 is 2.17 bits per heavy atom. The number of alkyl halides is 2. The summed E-state index contributed by atoms with van der Waals surface area (Å²) in [5.41, 5.74) is 0.336. The molecule has 2 aromatic carbocycles. The predicted octanol–water partition coefficient (Wildman–Crippen LogP) is 7.18. The zero-order valence-electron chi connectivity index (χ0n) is 16.7. The third kappa shape index (κ3) is 5.53. The summed E-state index contributed by atoms with van der Waals surface area (Å²) in [5.74, 6) is 2.52. The number of benzene rings is 2. The lowest BCUT2D eigenvalue weighted by molar-refractivity contribution is -0.0521. The van der Waals surface area contributed by atoms with Crippen LogP contribution < -0.4 is 4.74 Å². The zero-order valence-corrected chi connectivity index (χ0v) is 16.7. The van der Waals surface area contributed by atoms with E-state index in [1.807, 2.05) is 0 Å². The predicted molar refractivity (Wildman–Crippen MR) is 105 cm³/mol. The van der Waals surface area contributed by atoms with Gasteiger partial charge in [-0.2, -0.15) is 8.78 Å². The van der Waals surface area contributed by atoms with Gasteiger partial charge in [0.25, 0.3) is 0 Å². The van der Waals surface area contributed by atoms with Crippen LogP contribution in [0.25, 0.3) is 0 Å².